The molecule has 3 nitrogen and oxygen atoms in total. The number of hydrogen-bond donors (Lipinski definition) is 0. The van der Waals surface area contributed by atoms with E-state index < -0.39 is 6.34 Å². The highest BCUT2D eigenvalue weighted by Crippen LogP contribution is 2.69. The van der Waals surface area contributed by atoms with Crippen molar-refractivity contribution in [1.82, 2.24) is 4.98 Å². The number of aromatic nitrogens is 1. The molecule has 0 aliphatic carbocycles. The molecule has 7 rings (SSSR count). The van der Waals surface area contributed by atoms with Gasteiger partial charge in [0.1, 0.15) is 0 Å². The first-order valence-electron chi connectivity index (χ1n) is 13.8. The summed E-state index contributed by atoms with van der Waals surface area (Å²) < 4.78 is 4.97. The van der Waals surface area contributed by atoms with E-state index >= 15 is 0 Å². The Hall–Kier alpha value is -3.72. The summed E-state index contributed by atoms with van der Waals surface area (Å²) in [6.45, 7) is 9.29. The van der Waals surface area contributed by atoms with Gasteiger partial charge in [-0.25, -0.2) is 0 Å². The Kier molecular flexibility index (Phi) is 5.62. The fourth-order valence-corrected chi connectivity index (χ4v) is 11.1. The molecule has 0 unspecified atom stereocenters. The first kappa shape index (κ1) is 25.3. The number of anilines is 4. The fourth-order valence-electron chi connectivity index (χ4n) is 6.73. The van der Waals surface area contributed by atoms with E-state index in [2.05, 4.69) is 145 Å². The average Bonchev–Trinajstić information content (AvgIpc) is 2.98. The summed E-state index contributed by atoms with van der Waals surface area (Å²) in [5.74, 6) is 0. The Bertz CT molecular complexity index is 1600. The van der Waals surface area contributed by atoms with Crippen LogP contribution in [-0.4, -0.2) is 4.98 Å². The summed E-state index contributed by atoms with van der Waals surface area (Å²) in [4.78, 5) is 4.63. The number of fused-ring (bicyclic) bond motifs is 4. The highest BCUT2D eigenvalue weighted by molar-refractivity contribution is 8.20. The molecule has 0 N–H and O–H groups in total. The Morgan fingerprint density at radius 2 is 0.875 bits per heavy atom. The molecular weight excluding hydrogens is 525 g/mol. The minimum atomic E-state index is -2.83. The zero-order valence-electron chi connectivity index (χ0n) is 23.2. The molecule has 2 aliphatic rings. The quantitative estimate of drug-likeness (QED) is 0.206. The van der Waals surface area contributed by atoms with Crippen molar-refractivity contribution in [3.8, 4) is 0 Å². The molecular formula is C35H32N3PS. The van der Waals surface area contributed by atoms with Crippen LogP contribution in [0.25, 0.3) is 0 Å². The highest BCUT2D eigenvalue weighted by atomic mass is 32.4. The molecule has 0 radical (unpaired) electrons. The number of rotatable bonds is 3. The number of para-hydroxylation sites is 4. The van der Waals surface area contributed by atoms with Gasteiger partial charge in [0, 0.05) is 28.5 Å². The molecule has 0 saturated carbocycles. The maximum atomic E-state index is 7.19. The minimum Gasteiger partial charge on any atom is -0.293 e. The monoisotopic (exact) mass is 557 g/mol. The third kappa shape index (κ3) is 3.36. The number of hydrogen-bond acceptors (Lipinski definition) is 2. The molecule has 0 spiro atoms. The summed E-state index contributed by atoms with van der Waals surface area (Å²) in [5, 5.41) is 1.05. The Morgan fingerprint density at radius 3 is 1.20 bits per heavy atom. The molecule has 0 amide bonds. The van der Waals surface area contributed by atoms with Crippen LogP contribution in [0.3, 0.4) is 0 Å². The van der Waals surface area contributed by atoms with Crippen LogP contribution in [0.4, 0.5) is 22.7 Å². The van der Waals surface area contributed by atoms with Crippen LogP contribution < -0.4 is 14.6 Å². The van der Waals surface area contributed by atoms with Crippen LogP contribution in [0.1, 0.15) is 49.9 Å². The van der Waals surface area contributed by atoms with E-state index in [-0.39, 0.29) is 10.8 Å². The van der Waals surface area contributed by atoms with E-state index in [0.29, 0.717) is 0 Å². The van der Waals surface area contributed by atoms with E-state index in [1.54, 1.807) is 0 Å². The van der Waals surface area contributed by atoms with Gasteiger partial charge in [-0.15, -0.1) is 0 Å². The molecule has 5 heteroatoms. The summed E-state index contributed by atoms with van der Waals surface area (Å²) >= 11 is 7.19. The minimum absolute atomic E-state index is 0.168. The van der Waals surface area contributed by atoms with Gasteiger partial charge < -0.3 is 0 Å². The third-order valence-corrected chi connectivity index (χ3v) is 13.2. The topological polar surface area (TPSA) is 19.4 Å². The van der Waals surface area contributed by atoms with Crippen molar-refractivity contribution in [3.63, 3.8) is 0 Å². The summed E-state index contributed by atoms with van der Waals surface area (Å²) in [5.41, 5.74) is 9.46. The fraction of sp³-hybridized carbons (Fsp3) is 0.171. The number of pyridine rings is 1. The molecule has 0 atom stereocenters. The zero-order valence-corrected chi connectivity index (χ0v) is 25.0. The van der Waals surface area contributed by atoms with E-state index in [1.807, 2.05) is 18.5 Å². The molecule has 3 heterocycles. The molecule has 0 fully saturated rings. The van der Waals surface area contributed by atoms with E-state index in [1.165, 1.54) is 22.3 Å². The van der Waals surface area contributed by atoms with Gasteiger partial charge in [0.05, 0.1) is 22.7 Å². The standard InChI is InChI=1S/C35H32N3PS/c1-34(2)26-15-5-9-19-30(26)37(31-20-10-6-16-27(31)34)39(40,25-14-13-23-36-24-25)38-32-21-11-7-17-28(32)35(3,4)29-18-8-12-22-33(29)38/h5-24H,1-4H3. The third-order valence-electron chi connectivity index (χ3n) is 8.75. The maximum absolute atomic E-state index is 7.19. The predicted molar refractivity (Wildman–Crippen MR) is 172 cm³/mol. The largest absolute Gasteiger partial charge is 0.293 e. The molecule has 1 aromatic heterocycles. The van der Waals surface area contributed by atoms with Crippen LogP contribution in [-0.2, 0) is 22.6 Å². The number of nitrogens with zero attached hydrogens (tertiary/aromatic N) is 3. The van der Waals surface area contributed by atoms with Gasteiger partial charge in [0.15, 0.2) is 6.34 Å². The van der Waals surface area contributed by atoms with Crippen LogP contribution in [0.5, 0.6) is 0 Å². The SMILES string of the molecule is CC1(C)c2ccccc2N(P(=S)(c2cccnc2)N2c3ccccc3C(C)(C)c3ccccc32)c2ccccc21. The second-order valence-electron chi connectivity index (χ2n) is 11.7. The first-order chi connectivity index (χ1) is 19.3. The van der Waals surface area contributed by atoms with E-state index in [9.17, 15) is 0 Å². The van der Waals surface area contributed by atoms with Gasteiger partial charge in [-0.1, -0.05) is 100 Å². The van der Waals surface area contributed by atoms with Crippen molar-refractivity contribution in [2.45, 2.75) is 38.5 Å². The van der Waals surface area contributed by atoms with Crippen LogP contribution >= 0.6 is 6.34 Å². The van der Waals surface area contributed by atoms with Gasteiger partial charge in [-0.05, 0) is 70.5 Å². The first-order valence-corrected chi connectivity index (χ1v) is 16.5. The Balaban J connectivity index is 1.63. The lowest BCUT2D eigenvalue weighted by atomic mass is 9.74. The highest BCUT2D eigenvalue weighted by Gasteiger charge is 2.48. The molecule has 198 valence electrons. The van der Waals surface area contributed by atoms with Crippen molar-refractivity contribution in [3.05, 3.63) is 144 Å². The van der Waals surface area contributed by atoms with Crippen molar-refractivity contribution in [2.24, 2.45) is 0 Å². The van der Waals surface area contributed by atoms with Gasteiger partial charge in [0.2, 0.25) is 0 Å². The van der Waals surface area contributed by atoms with Crippen molar-refractivity contribution in [1.29, 1.82) is 0 Å². The summed E-state index contributed by atoms with van der Waals surface area (Å²) in [6, 6.07) is 39.4. The normalized spacial score (nSPS) is 16.4. The van der Waals surface area contributed by atoms with Gasteiger partial charge in [-0.3, -0.25) is 14.3 Å². The van der Waals surface area contributed by atoms with E-state index in [4.69, 9.17) is 11.8 Å². The van der Waals surface area contributed by atoms with Crippen LogP contribution in [0, 0.1) is 0 Å². The Labute approximate surface area is 242 Å². The second kappa shape index (κ2) is 8.89. The second-order valence-corrected chi connectivity index (χ2v) is 15.6. The lowest BCUT2D eigenvalue weighted by Gasteiger charge is -2.53. The van der Waals surface area contributed by atoms with E-state index in [0.717, 1.165) is 28.1 Å². The number of benzene rings is 4. The molecule has 2 aliphatic heterocycles. The smallest absolute Gasteiger partial charge is 0.164 e. The van der Waals surface area contributed by atoms with Gasteiger partial charge >= 0.3 is 0 Å². The zero-order chi connectivity index (χ0) is 27.7. The Morgan fingerprint density at radius 1 is 0.525 bits per heavy atom. The summed E-state index contributed by atoms with van der Waals surface area (Å²) in [7, 11) is 0. The molecule has 0 saturated heterocycles. The van der Waals surface area contributed by atoms with Crippen LogP contribution in [0.2, 0.25) is 0 Å². The van der Waals surface area contributed by atoms with Crippen molar-refractivity contribution < 1.29 is 0 Å². The molecule has 40 heavy (non-hydrogen) atoms. The average molecular weight is 558 g/mol. The predicted octanol–water partition coefficient (Wildman–Crippen LogP) is 8.97. The maximum Gasteiger partial charge on any atom is 0.164 e. The van der Waals surface area contributed by atoms with Crippen molar-refractivity contribution >= 4 is 46.2 Å². The summed E-state index contributed by atoms with van der Waals surface area (Å²) in [6.07, 6.45) is 0.995. The molecule has 0 bridgehead atoms. The lowest BCUT2D eigenvalue weighted by Crippen LogP contribution is -2.41. The van der Waals surface area contributed by atoms with Crippen LogP contribution in [0.15, 0.2) is 122 Å². The van der Waals surface area contributed by atoms with Gasteiger partial charge in [0.25, 0.3) is 0 Å². The molecule has 5 aromatic rings. The van der Waals surface area contributed by atoms with Gasteiger partial charge in [-0.2, -0.15) is 0 Å². The van der Waals surface area contributed by atoms with Crippen molar-refractivity contribution in [2.75, 3.05) is 9.34 Å². The molecule has 4 aromatic carbocycles. The lowest BCUT2D eigenvalue weighted by molar-refractivity contribution is 0.632.